The first-order chi connectivity index (χ1) is 21.2. The summed E-state index contributed by atoms with van der Waals surface area (Å²) in [7, 11) is 0. The maximum Gasteiger partial charge on any atom is 0.335 e. The molecule has 0 amide bonds. The third-order valence-corrected chi connectivity index (χ3v) is 8.03. The number of aliphatic carboxylic acids is 1. The zero-order valence-electron chi connectivity index (χ0n) is 25.8. The van der Waals surface area contributed by atoms with Gasteiger partial charge in [-0.05, 0) is 79.1 Å². The van der Waals surface area contributed by atoms with Crippen LogP contribution in [0.2, 0.25) is 10.0 Å². The predicted molar refractivity (Wildman–Crippen MR) is 182 cm³/mol. The fraction of sp³-hybridized carbons (Fsp3) is 0.297. The van der Waals surface area contributed by atoms with Crippen molar-refractivity contribution in [1.29, 1.82) is 0 Å². The van der Waals surface area contributed by atoms with Crippen LogP contribution in [0.15, 0.2) is 96.7 Å². The van der Waals surface area contributed by atoms with Gasteiger partial charge in [0.1, 0.15) is 11.6 Å². The Labute approximate surface area is 270 Å². The maximum absolute atomic E-state index is 11.7. The van der Waals surface area contributed by atoms with E-state index < -0.39 is 5.97 Å². The monoisotopic (exact) mass is 630 g/mol. The van der Waals surface area contributed by atoms with E-state index >= 15 is 0 Å². The lowest BCUT2D eigenvalue weighted by Gasteiger charge is -2.17. The molecule has 230 valence electrons. The lowest BCUT2D eigenvalue weighted by Crippen LogP contribution is -2.13. The van der Waals surface area contributed by atoms with E-state index in [0.717, 1.165) is 46.8 Å². The van der Waals surface area contributed by atoms with Crippen LogP contribution in [-0.4, -0.2) is 27.2 Å². The number of carboxylic acids is 1. The number of ether oxygens (including phenoxy) is 1. The minimum Gasteiger partial charge on any atom is -0.494 e. The van der Waals surface area contributed by atoms with Crippen molar-refractivity contribution in [3.05, 3.63) is 118 Å². The molecule has 2 atom stereocenters. The van der Waals surface area contributed by atoms with Crippen LogP contribution < -0.4 is 4.74 Å². The van der Waals surface area contributed by atoms with Crippen LogP contribution >= 0.6 is 23.2 Å². The Bertz CT molecular complexity index is 1600. The minimum atomic E-state index is -0.910. The van der Waals surface area contributed by atoms with Gasteiger partial charge < -0.3 is 14.4 Å². The van der Waals surface area contributed by atoms with E-state index in [9.17, 15) is 9.90 Å². The number of rotatable bonds is 14. The topological polar surface area (TPSA) is 64.4 Å². The molecule has 4 rings (SSSR count). The Morgan fingerprint density at radius 1 is 1.00 bits per heavy atom. The van der Waals surface area contributed by atoms with Crippen LogP contribution in [-0.2, 0) is 17.8 Å². The van der Waals surface area contributed by atoms with E-state index in [0.29, 0.717) is 35.2 Å². The molecular weight excluding hydrogens is 591 g/mol. The summed E-state index contributed by atoms with van der Waals surface area (Å²) in [6.07, 6.45) is 9.64. The molecule has 7 heteroatoms. The second-order valence-corrected chi connectivity index (χ2v) is 12.0. The standard InChI is InChI=1S/C37H40Cl2N2O3/c1-5-7-8-30(37(42)43)12-9-25(3)23-41-24-35(33-20-17-31(38)22-34(33)39)40-36(41)26(4)21-27-10-13-28(14-11-27)29-15-18-32(19-16-29)44-6-2/h7-8,10-20,22,24-26H,5-6,9,21,23H2,1-4H3,(H,42,43)/b8-7-,30-12+/t25-,26?/m0/s1. The Morgan fingerprint density at radius 2 is 1.68 bits per heavy atom. The summed E-state index contributed by atoms with van der Waals surface area (Å²) in [6.45, 7) is 9.63. The molecule has 0 aliphatic carbocycles. The van der Waals surface area contributed by atoms with Gasteiger partial charge in [0, 0.05) is 29.2 Å². The van der Waals surface area contributed by atoms with Crippen molar-refractivity contribution in [2.24, 2.45) is 5.92 Å². The summed E-state index contributed by atoms with van der Waals surface area (Å²) >= 11 is 12.7. The fourth-order valence-corrected chi connectivity index (χ4v) is 5.70. The lowest BCUT2D eigenvalue weighted by atomic mass is 9.97. The van der Waals surface area contributed by atoms with Gasteiger partial charge in [0.2, 0.25) is 0 Å². The van der Waals surface area contributed by atoms with Crippen molar-refractivity contribution in [2.75, 3.05) is 6.61 Å². The molecule has 0 saturated carbocycles. The van der Waals surface area contributed by atoms with Crippen molar-refractivity contribution in [3.63, 3.8) is 0 Å². The molecule has 0 bridgehead atoms. The van der Waals surface area contributed by atoms with Crippen molar-refractivity contribution in [1.82, 2.24) is 9.55 Å². The number of halogens is 2. The van der Waals surface area contributed by atoms with E-state index in [-0.39, 0.29) is 11.8 Å². The van der Waals surface area contributed by atoms with Gasteiger partial charge in [-0.2, -0.15) is 0 Å². The summed E-state index contributed by atoms with van der Waals surface area (Å²) in [6, 6.07) is 22.3. The second-order valence-electron chi connectivity index (χ2n) is 11.1. The van der Waals surface area contributed by atoms with Crippen molar-refractivity contribution < 1.29 is 14.6 Å². The van der Waals surface area contributed by atoms with E-state index in [4.69, 9.17) is 32.9 Å². The van der Waals surface area contributed by atoms with Gasteiger partial charge in [-0.25, -0.2) is 9.78 Å². The van der Waals surface area contributed by atoms with Crippen LogP contribution in [0, 0.1) is 5.92 Å². The van der Waals surface area contributed by atoms with Gasteiger partial charge in [-0.1, -0.05) is 98.6 Å². The highest BCUT2D eigenvalue weighted by atomic mass is 35.5. The summed E-state index contributed by atoms with van der Waals surface area (Å²) in [5.74, 6) is 1.23. The molecule has 0 aliphatic heterocycles. The van der Waals surface area contributed by atoms with Crippen LogP contribution in [0.5, 0.6) is 5.75 Å². The first kappa shape index (κ1) is 33.1. The summed E-state index contributed by atoms with van der Waals surface area (Å²) in [5.41, 5.74) is 5.46. The average molecular weight is 632 g/mol. The second kappa shape index (κ2) is 15.8. The van der Waals surface area contributed by atoms with Crippen LogP contribution in [0.4, 0.5) is 0 Å². The summed E-state index contributed by atoms with van der Waals surface area (Å²) in [5, 5.41) is 10.7. The molecule has 1 aromatic heterocycles. The van der Waals surface area contributed by atoms with E-state index in [2.05, 4.69) is 54.8 Å². The largest absolute Gasteiger partial charge is 0.494 e. The molecule has 0 radical (unpaired) electrons. The fourth-order valence-electron chi connectivity index (χ4n) is 5.20. The molecule has 4 aromatic rings. The molecule has 0 fully saturated rings. The molecular formula is C37H40Cl2N2O3. The Kier molecular flexibility index (Phi) is 11.9. The summed E-state index contributed by atoms with van der Waals surface area (Å²) < 4.78 is 7.77. The van der Waals surface area contributed by atoms with Gasteiger partial charge in [0.15, 0.2) is 0 Å². The van der Waals surface area contributed by atoms with Crippen LogP contribution in [0.25, 0.3) is 22.4 Å². The molecule has 3 aromatic carbocycles. The van der Waals surface area contributed by atoms with Gasteiger partial charge in [-0.3, -0.25) is 0 Å². The number of benzene rings is 3. The van der Waals surface area contributed by atoms with Gasteiger partial charge >= 0.3 is 5.97 Å². The number of aromatic nitrogens is 2. The minimum absolute atomic E-state index is 0.121. The molecule has 1 unspecified atom stereocenters. The number of carbonyl (C=O) groups is 1. The van der Waals surface area contributed by atoms with Gasteiger partial charge in [-0.15, -0.1) is 0 Å². The van der Waals surface area contributed by atoms with Crippen LogP contribution in [0.3, 0.4) is 0 Å². The van der Waals surface area contributed by atoms with Crippen molar-refractivity contribution in [3.8, 4) is 28.1 Å². The first-order valence-corrected chi connectivity index (χ1v) is 15.9. The molecule has 0 aliphatic rings. The highest BCUT2D eigenvalue weighted by molar-refractivity contribution is 6.36. The molecule has 0 saturated heterocycles. The number of imidazole rings is 1. The van der Waals surface area contributed by atoms with E-state index in [1.165, 1.54) is 5.56 Å². The number of hydrogen-bond donors (Lipinski definition) is 1. The zero-order chi connectivity index (χ0) is 31.6. The molecule has 0 spiro atoms. The highest BCUT2D eigenvalue weighted by Gasteiger charge is 2.19. The number of carboxylic acid groups (broad SMARTS) is 1. The molecule has 1 heterocycles. The van der Waals surface area contributed by atoms with Crippen LogP contribution in [0.1, 0.15) is 57.8 Å². The lowest BCUT2D eigenvalue weighted by molar-refractivity contribution is -0.132. The quantitative estimate of drug-likeness (QED) is 0.111. The van der Waals surface area contributed by atoms with Crippen molar-refractivity contribution >= 4 is 29.2 Å². The normalized spacial score (nSPS) is 13.3. The molecule has 5 nitrogen and oxygen atoms in total. The Hall–Kier alpha value is -3.80. The average Bonchev–Trinajstić information content (AvgIpc) is 3.41. The number of hydrogen-bond acceptors (Lipinski definition) is 3. The Balaban J connectivity index is 1.56. The molecule has 1 N–H and O–H groups in total. The smallest absolute Gasteiger partial charge is 0.335 e. The van der Waals surface area contributed by atoms with Gasteiger partial charge in [0.25, 0.3) is 0 Å². The molecule has 44 heavy (non-hydrogen) atoms. The van der Waals surface area contributed by atoms with E-state index in [1.807, 2.05) is 56.5 Å². The highest BCUT2D eigenvalue weighted by Crippen LogP contribution is 2.33. The number of nitrogens with zero attached hydrogens (tertiary/aromatic N) is 2. The number of allylic oxidation sites excluding steroid dienone is 2. The zero-order valence-corrected chi connectivity index (χ0v) is 27.3. The van der Waals surface area contributed by atoms with E-state index in [1.54, 1.807) is 12.1 Å². The summed E-state index contributed by atoms with van der Waals surface area (Å²) in [4.78, 5) is 16.8. The third-order valence-electron chi connectivity index (χ3n) is 7.48. The third kappa shape index (κ3) is 8.87. The predicted octanol–water partition coefficient (Wildman–Crippen LogP) is 10.3. The van der Waals surface area contributed by atoms with Crippen molar-refractivity contribution in [2.45, 2.75) is 59.4 Å². The Morgan fingerprint density at radius 3 is 2.30 bits per heavy atom. The first-order valence-electron chi connectivity index (χ1n) is 15.1. The SMILES string of the molecule is CC/C=C\C(=C/C[C@H](C)Cn1cc(-c2ccc(Cl)cc2Cl)nc1C(C)Cc1ccc(-c2ccc(OCC)cc2)cc1)C(=O)O. The van der Waals surface area contributed by atoms with Gasteiger partial charge in [0.05, 0.1) is 22.9 Å². The maximum atomic E-state index is 11.7.